The van der Waals surface area contributed by atoms with E-state index >= 15 is 0 Å². The number of thioether (sulfide) groups is 1. The van der Waals surface area contributed by atoms with Crippen molar-refractivity contribution in [2.75, 3.05) is 6.26 Å². The van der Waals surface area contributed by atoms with Gasteiger partial charge in [-0.1, -0.05) is 25.6 Å². The normalized spacial score (nSPS) is 8.36. The second-order valence-electron chi connectivity index (χ2n) is 1.37. The number of nitrogens with zero attached hydrogens (tertiary/aromatic N) is 2. The summed E-state index contributed by atoms with van der Waals surface area (Å²) in [6.45, 7) is 4.00. The summed E-state index contributed by atoms with van der Waals surface area (Å²) in [5.74, 6) is 0. The number of halogens is 1. The molecule has 0 aliphatic carbocycles. The fraction of sp³-hybridized carbons (Fsp3) is 0.429. The maximum Gasteiger partial charge on any atom is 0.188 e. The van der Waals surface area contributed by atoms with Gasteiger partial charge >= 0.3 is 0 Å². The van der Waals surface area contributed by atoms with Crippen molar-refractivity contribution in [1.29, 1.82) is 0 Å². The maximum absolute atomic E-state index is 4.06. The summed E-state index contributed by atoms with van der Waals surface area (Å²) >= 11 is 4.77. The molecule has 1 aromatic rings. The van der Waals surface area contributed by atoms with E-state index in [0.29, 0.717) is 0 Å². The molecule has 0 radical (unpaired) electrons. The summed E-state index contributed by atoms with van der Waals surface area (Å²) in [6, 6.07) is 1.81. The van der Waals surface area contributed by atoms with Crippen molar-refractivity contribution in [3.8, 4) is 0 Å². The van der Waals surface area contributed by atoms with Gasteiger partial charge in [-0.2, -0.15) is 0 Å². The van der Waals surface area contributed by atoms with E-state index < -0.39 is 0 Å². The summed E-state index contributed by atoms with van der Waals surface area (Å²) in [5.41, 5.74) is 0. The monoisotopic (exact) mass is 234 g/mol. The molecule has 1 aromatic heterocycles. The topological polar surface area (TPSA) is 25.8 Å². The van der Waals surface area contributed by atoms with Gasteiger partial charge in [-0.25, -0.2) is 9.97 Å². The molecule has 0 saturated heterocycles. The van der Waals surface area contributed by atoms with Crippen LogP contribution in [-0.4, -0.2) is 16.2 Å². The first-order valence-corrected chi connectivity index (χ1v) is 5.37. The van der Waals surface area contributed by atoms with Gasteiger partial charge < -0.3 is 0 Å². The quantitative estimate of drug-likeness (QED) is 0.425. The van der Waals surface area contributed by atoms with Crippen LogP contribution in [0.5, 0.6) is 0 Å². The van der Waals surface area contributed by atoms with Crippen LogP contribution in [0.3, 0.4) is 0 Å². The summed E-state index contributed by atoms with van der Waals surface area (Å²) in [6.07, 6.45) is 3.67. The second kappa shape index (κ2) is 6.61. The summed E-state index contributed by atoms with van der Waals surface area (Å²) in [7, 11) is 0. The first-order valence-electron chi connectivity index (χ1n) is 3.35. The van der Waals surface area contributed by atoms with Crippen molar-refractivity contribution >= 4 is 27.7 Å². The maximum atomic E-state index is 4.06. The van der Waals surface area contributed by atoms with Gasteiger partial charge in [0.1, 0.15) is 4.60 Å². The highest BCUT2D eigenvalue weighted by Gasteiger charge is 1.91. The Labute approximate surface area is 80.0 Å². The van der Waals surface area contributed by atoms with Gasteiger partial charge in [0.15, 0.2) is 5.16 Å². The first-order chi connectivity index (χ1) is 5.33. The molecule has 0 saturated carbocycles. The van der Waals surface area contributed by atoms with E-state index in [-0.39, 0.29) is 0 Å². The van der Waals surface area contributed by atoms with Gasteiger partial charge in [0.25, 0.3) is 0 Å². The zero-order valence-corrected chi connectivity index (χ0v) is 9.24. The molecule has 62 valence electrons. The number of aromatic nitrogens is 2. The fourth-order valence-corrected chi connectivity index (χ4v) is 1.18. The van der Waals surface area contributed by atoms with E-state index in [2.05, 4.69) is 25.9 Å². The molecule has 0 N–H and O–H groups in total. The molecule has 0 aliphatic rings. The average molecular weight is 235 g/mol. The zero-order chi connectivity index (χ0) is 8.69. The lowest BCUT2D eigenvalue weighted by Crippen LogP contribution is -1.82. The fourth-order valence-electron chi connectivity index (χ4n) is 0.418. The van der Waals surface area contributed by atoms with Crippen LogP contribution < -0.4 is 0 Å². The molecule has 0 spiro atoms. The molecule has 0 bridgehead atoms. The summed E-state index contributed by atoms with van der Waals surface area (Å²) < 4.78 is 0.835. The van der Waals surface area contributed by atoms with E-state index in [4.69, 9.17) is 0 Å². The summed E-state index contributed by atoms with van der Waals surface area (Å²) in [5, 5.41) is 0.796. The molecular formula is C7H11BrN2S. The third-order valence-electron chi connectivity index (χ3n) is 0.782. The molecule has 0 atom stereocenters. The molecule has 0 aromatic carbocycles. The Hall–Kier alpha value is -0.0900. The third-order valence-corrected chi connectivity index (χ3v) is 1.79. The van der Waals surface area contributed by atoms with Crippen LogP contribution in [0.15, 0.2) is 22.0 Å². The van der Waals surface area contributed by atoms with Crippen molar-refractivity contribution in [1.82, 2.24) is 9.97 Å². The van der Waals surface area contributed by atoms with Crippen LogP contribution in [0.1, 0.15) is 13.8 Å². The first kappa shape index (κ1) is 10.9. The minimum Gasteiger partial charge on any atom is -0.231 e. The molecule has 2 nitrogen and oxygen atoms in total. The zero-order valence-electron chi connectivity index (χ0n) is 6.84. The second-order valence-corrected chi connectivity index (χ2v) is 2.95. The third kappa shape index (κ3) is 4.37. The standard InChI is InChI=1S/C5H5BrN2S.C2H6/c1-9-5-7-3-2-4(6)8-5;1-2/h2-3H,1H3;1-2H3. The van der Waals surface area contributed by atoms with Crippen molar-refractivity contribution in [2.24, 2.45) is 0 Å². The highest BCUT2D eigenvalue weighted by atomic mass is 79.9. The minimum absolute atomic E-state index is 0.796. The average Bonchev–Trinajstić information content (AvgIpc) is 2.08. The minimum atomic E-state index is 0.796. The Balaban J connectivity index is 0.000000461. The van der Waals surface area contributed by atoms with Crippen LogP contribution in [0.25, 0.3) is 0 Å². The highest BCUT2D eigenvalue weighted by Crippen LogP contribution is 2.10. The van der Waals surface area contributed by atoms with Crippen molar-refractivity contribution in [3.05, 3.63) is 16.9 Å². The van der Waals surface area contributed by atoms with Crippen LogP contribution in [0.4, 0.5) is 0 Å². The summed E-state index contributed by atoms with van der Waals surface area (Å²) in [4.78, 5) is 8.04. The molecule has 4 heteroatoms. The van der Waals surface area contributed by atoms with Crippen LogP contribution in [0, 0.1) is 0 Å². The Bertz CT molecular complexity index is 205. The van der Waals surface area contributed by atoms with Crippen molar-refractivity contribution in [2.45, 2.75) is 19.0 Å². The molecule has 1 heterocycles. The molecule has 0 aliphatic heterocycles. The van der Waals surface area contributed by atoms with Gasteiger partial charge in [-0.15, -0.1) is 0 Å². The predicted octanol–water partition coefficient (Wildman–Crippen LogP) is 2.99. The lowest BCUT2D eigenvalue weighted by molar-refractivity contribution is 0.951. The van der Waals surface area contributed by atoms with Crippen LogP contribution in [0.2, 0.25) is 0 Å². The van der Waals surface area contributed by atoms with E-state index in [1.54, 1.807) is 12.3 Å². The molecule has 1 rings (SSSR count). The molecule has 0 unspecified atom stereocenters. The Morgan fingerprint density at radius 1 is 1.45 bits per heavy atom. The predicted molar refractivity (Wildman–Crippen MR) is 52.9 cm³/mol. The van der Waals surface area contributed by atoms with Gasteiger partial charge in [0.05, 0.1) is 0 Å². The Morgan fingerprint density at radius 2 is 2.09 bits per heavy atom. The smallest absolute Gasteiger partial charge is 0.188 e. The number of rotatable bonds is 1. The molecule has 0 amide bonds. The van der Waals surface area contributed by atoms with Crippen molar-refractivity contribution < 1.29 is 0 Å². The van der Waals surface area contributed by atoms with Crippen LogP contribution in [-0.2, 0) is 0 Å². The van der Waals surface area contributed by atoms with Gasteiger partial charge in [-0.05, 0) is 28.3 Å². The van der Waals surface area contributed by atoms with Gasteiger partial charge in [-0.3, -0.25) is 0 Å². The van der Waals surface area contributed by atoms with Gasteiger partial charge in [0.2, 0.25) is 0 Å². The van der Waals surface area contributed by atoms with E-state index in [0.717, 1.165) is 9.76 Å². The van der Waals surface area contributed by atoms with E-state index in [1.807, 2.05) is 20.1 Å². The van der Waals surface area contributed by atoms with E-state index in [9.17, 15) is 0 Å². The SMILES string of the molecule is CC.CSc1nccc(Br)n1. The number of hydrogen-bond donors (Lipinski definition) is 0. The van der Waals surface area contributed by atoms with E-state index in [1.165, 1.54) is 11.8 Å². The largest absolute Gasteiger partial charge is 0.231 e. The number of hydrogen-bond acceptors (Lipinski definition) is 3. The lowest BCUT2D eigenvalue weighted by Gasteiger charge is -1.91. The highest BCUT2D eigenvalue weighted by molar-refractivity contribution is 9.10. The van der Waals surface area contributed by atoms with Gasteiger partial charge in [0, 0.05) is 6.20 Å². The Morgan fingerprint density at radius 3 is 2.45 bits per heavy atom. The van der Waals surface area contributed by atoms with Crippen LogP contribution >= 0.6 is 27.7 Å². The van der Waals surface area contributed by atoms with Crippen molar-refractivity contribution in [3.63, 3.8) is 0 Å². The molecule has 11 heavy (non-hydrogen) atoms. The molecular weight excluding hydrogens is 224 g/mol. The molecule has 0 fully saturated rings. The lowest BCUT2D eigenvalue weighted by atomic mass is 10.7. The Kier molecular flexibility index (Phi) is 6.56.